The van der Waals surface area contributed by atoms with Gasteiger partial charge in [0.2, 0.25) is 0 Å². The van der Waals surface area contributed by atoms with Gasteiger partial charge in [-0.15, -0.1) is 0 Å². The van der Waals surface area contributed by atoms with Crippen LogP contribution in [0.2, 0.25) is 5.02 Å². The lowest BCUT2D eigenvalue weighted by atomic mass is 10.1. The Bertz CT molecular complexity index is 1590. The second kappa shape index (κ2) is 10.2. The van der Waals surface area contributed by atoms with E-state index in [0.717, 1.165) is 22.5 Å². The zero-order chi connectivity index (χ0) is 25.9. The van der Waals surface area contributed by atoms with Gasteiger partial charge in [-0.05, 0) is 55.0 Å². The molecule has 1 N–H and O–H groups in total. The van der Waals surface area contributed by atoms with E-state index in [-0.39, 0.29) is 5.91 Å². The zero-order valence-electron chi connectivity index (χ0n) is 20.7. The van der Waals surface area contributed by atoms with E-state index >= 15 is 0 Å². The number of benzene rings is 3. The number of para-hydroxylation sites is 1. The molecule has 0 radical (unpaired) electrons. The van der Waals surface area contributed by atoms with E-state index in [1.165, 1.54) is 0 Å². The Balaban J connectivity index is 1.55. The van der Waals surface area contributed by atoms with Gasteiger partial charge in [0.15, 0.2) is 5.65 Å². The van der Waals surface area contributed by atoms with Gasteiger partial charge in [-0.25, -0.2) is 15.1 Å². The summed E-state index contributed by atoms with van der Waals surface area (Å²) < 4.78 is 1.76. The van der Waals surface area contributed by atoms with Crippen molar-refractivity contribution < 1.29 is 4.79 Å². The first kappa shape index (κ1) is 24.2. The van der Waals surface area contributed by atoms with Crippen LogP contribution in [0.3, 0.4) is 0 Å². The van der Waals surface area contributed by atoms with Gasteiger partial charge in [0.1, 0.15) is 0 Å². The number of nitrogens with one attached hydrogen (secondary N) is 1. The minimum atomic E-state index is -0.348. The minimum absolute atomic E-state index is 0.348. The number of nitrogens with zero attached hydrogens (tertiary/aromatic N) is 5. The quantitative estimate of drug-likeness (QED) is 0.229. The number of rotatable bonds is 6. The van der Waals surface area contributed by atoms with Crippen molar-refractivity contribution in [2.45, 2.75) is 6.92 Å². The summed E-state index contributed by atoms with van der Waals surface area (Å²) in [4.78, 5) is 20.3. The molecule has 7 nitrogen and oxygen atoms in total. The number of fused-ring (bicyclic) bond motifs is 1. The number of hydrogen-bond donors (Lipinski definition) is 1. The number of aromatic nitrogens is 3. The molecule has 5 rings (SSSR count). The molecule has 0 bridgehead atoms. The van der Waals surface area contributed by atoms with Crippen molar-refractivity contribution in [3.63, 3.8) is 0 Å². The third-order valence-corrected chi connectivity index (χ3v) is 6.24. The number of carbonyl (C=O) groups is 1. The van der Waals surface area contributed by atoms with Gasteiger partial charge in [-0.1, -0.05) is 54.1 Å². The summed E-state index contributed by atoms with van der Waals surface area (Å²) in [7, 11) is 3.97. The average molecular weight is 509 g/mol. The molecule has 0 aliphatic carbocycles. The van der Waals surface area contributed by atoms with Crippen LogP contribution >= 0.6 is 11.6 Å². The first-order valence-corrected chi connectivity index (χ1v) is 12.1. The number of carbonyl (C=O) groups excluding carboxylic acids is 1. The molecule has 184 valence electrons. The number of aryl methyl sites for hydroxylation is 1. The van der Waals surface area contributed by atoms with Crippen LogP contribution in [0.5, 0.6) is 0 Å². The molecule has 2 heterocycles. The van der Waals surface area contributed by atoms with Crippen molar-refractivity contribution in [1.82, 2.24) is 20.2 Å². The fourth-order valence-corrected chi connectivity index (χ4v) is 4.20. The summed E-state index contributed by atoms with van der Waals surface area (Å²) in [6.45, 7) is 1.87. The summed E-state index contributed by atoms with van der Waals surface area (Å²) in [5.74, 6) is -0.348. The maximum atomic E-state index is 13.4. The molecular formula is C29H25ClN6O. The van der Waals surface area contributed by atoms with Crippen LogP contribution in [0, 0.1) is 6.92 Å². The SMILES string of the molecule is Cc1nn(-c2ccccc2)c2nc(-c3ccc(Cl)cc3)cc(C(=O)NN=Cc3ccc(N(C)C)cc3)c12. The lowest BCUT2D eigenvalue weighted by molar-refractivity contribution is 0.0956. The summed E-state index contributed by atoms with van der Waals surface area (Å²) >= 11 is 6.10. The van der Waals surface area contributed by atoms with Gasteiger partial charge in [0.05, 0.1) is 34.2 Å². The monoisotopic (exact) mass is 508 g/mol. The Hall–Kier alpha value is -4.49. The molecule has 3 aromatic carbocycles. The largest absolute Gasteiger partial charge is 0.378 e. The van der Waals surface area contributed by atoms with E-state index in [1.807, 2.05) is 92.6 Å². The van der Waals surface area contributed by atoms with Crippen molar-refractivity contribution >= 4 is 40.4 Å². The third-order valence-electron chi connectivity index (χ3n) is 5.99. The Morgan fingerprint density at radius 3 is 2.38 bits per heavy atom. The summed E-state index contributed by atoms with van der Waals surface area (Å²) in [5, 5.41) is 10.2. The number of hydrogen-bond acceptors (Lipinski definition) is 5. The van der Waals surface area contributed by atoms with E-state index < -0.39 is 0 Å². The van der Waals surface area contributed by atoms with Crippen LogP contribution in [0.15, 0.2) is 90.0 Å². The van der Waals surface area contributed by atoms with Gasteiger partial charge < -0.3 is 4.90 Å². The van der Waals surface area contributed by atoms with Crippen molar-refractivity contribution in [2.75, 3.05) is 19.0 Å². The summed E-state index contributed by atoms with van der Waals surface area (Å²) in [6, 6.07) is 26.7. The van der Waals surface area contributed by atoms with Crippen molar-refractivity contribution in [3.05, 3.63) is 107 Å². The number of anilines is 1. The van der Waals surface area contributed by atoms with E-state index in [4.69, 9.17) is 21.7 Å². The maximum absolute atomic E-state index is 13.4. The molecule has 8 heteroatoms. The van der Waals surface area contributed by atoms with E-state index in [9.17, 15) is 4.79 Å². The topological polar surface area (TPSA) is 75.4 Å². The lowest BCUT2D eigenvalue weighted by Gasteiger charge is -2.11. The smallest absolute Gasteiger partial charge is 0.272 e. The number of amides is 1. The highest BCUT2D eigenvalue weighted by Gasteiger charge is 2.21. The van der Waals surface area contributed by atoms with Crippen LogP contribution in [0.25, 0.3) is 28.0 Å². The van der Waals surface area contributed by atoms with Crippen LogP contribution in [-0.2, 0) is 0 Å². The number of pyridine rings is 1. The minimum Gasteiger partial charge on any atom is -0.378 e. The lowest BCUT2D eigenvalue weighted by Crippen LogP contribution is -2.18. The summed E-state index contributed by atoms with van der Waals surface area (Å²) in [6.07, 6.45) is 1.62. The molecule has 37 heavy (non-hydrogen) atoms. The van der Waals surface area contributed by atoms with Gasteiger partial charge in [-0.3, -0.25) is 4.79 Å². The number of halogens is 1. The zero-order valence-corrected chi connectivity index (χ0v) is 21.4. The molecule has 0 aliphatic heterocycles. The number of hydrazone groups is 1. The van der Waals surface area contributed by atoms with Crippen LogP contribution in [0.1, 0.15) is 21.6 Å². The standard InChI is InChI=1S/C29H25ClN6O/c1-19-27-25(29(37)33-31-18-20-9-15-23(16-10-20)35(2)3)17-26(21-11-13-22(30)14-12-21)32-28(27)36(34-19)24-7-5-4-6-8-24/h4-18H,1-3H3,(H,33,37). The molecular weight excluding hydrogens is 484 g/mol. The van der Waals surface area contributed by atoms with Gasteiger partial charge in [-0.2, -0.15) is 10.2 Å². The van der Waals surface area contributed by atoms with E-state index in [1.54, 1.807) is 29.1 Å². The predicted molar refractivity (Wildman–Crippen MR) is 150 cm³/mol. The molecule has 1 amide bonds. The van der Waals surface area contributed by atoms with Crippen LogP contribution in [0.4, 0.5) is 5.69 Å². The molecule has 5 aromatic rings. The maximum Gasteiger partial charge on any atom is 0.272 e. The second-order valence-corrected chi connectivity index (χ2v) is 9.21. The highest BCUT2D eigenvalue weighted by molar-refractivity contribution is 6.30. The molecule has 0 fully saturated rings. The highest BCUT2D eigenvalue weighted by atomic mass is 35.5. The summed E-state index contributed by atoms with van der Waals surface area (Å²) in [5.41, 5.74) is 8.68. The van der Waals surface area contributed by atoms with E-state index in [2.05, 4.69) is 10.5 Å². The Kier molecular flexibility index (Phi) is 6.70. The highest BCUT2D eigenvalue weighted by Crippen LogP contribution is 2.29. The molecule has 0 saturated heterocycles. The molecule has 0 unspecified atom stereocenters. The van der Waals surface area contributed by atoms with Crippen molar-refractivity contribution in [1.29, 1.82) is 0 Å². The van der Waals surface area contributed by atoms with Crippen molar-refractivity contribution in [3.8, 4) is 16.9 Å². The Morgan fingerprint density at radius 1 is 1.00 bits per heavy atom. The molecule has 0 aliphatic rings. The third kappa shape index (κ3) is 5.08. The Morgan fingerprint density at radius 2 is 1.70 bits per heavy atom. The average Bonchev–Trinajstić information content (AvgIpc) is 3.25. The van der Waals surface area contributed by atoms with E-state index in [0.29, 0.717) is 33.0 Å². The fourth-order valence-electron chi connectivity index (χ4n) is 4.07. The first-order valence-electron chi connectivity index (χ1n) is 11.7. The Labute approximate surface area is 220 Å². The van der Waals surface area contributed by atoms with Crippen molar-refractivity contribution in [2.24, 2.45) is 5.10 Å². The van der Waals surface area contributed by atoms with Gasteiger partial charge in [0.25, 0.3) is 5.91 Å². The fraction of sp³-hybridized carbons (Fsp3) is 0.103. The van der Waals surface area contributed by atoms with Crippen LogP contribution in [-0.4, -0.2) is 41.0 Å². The first-order chi connectivity index (χ1) is 17.9. The predicted octanol–water partition coefficient (Wildman–Crippen LogP) is 5.88. The molecule has 0 atom stereocenters. The molecule has 0 saturated carbocycles. The van der Waals surface area contributed by atoms with Gasteiger partial charge in [0, 0.05) is 30.4 Å². The van der Waals surface area contributed by atoms with Gasteiger partial charge >= 0.3 is 0 Å². The van der Waals surface area contributed by atoms with Crippen LogP contribution < -0.4 is 10.3 Å². The molecule has 0 spiro atoms. The second-order valence-electron chi connectivity index (χ2n) is 8.78. The normalized spacial score (nSPS) is 11.2. The molecule has 2 aromatic heterocycles.